The largest absolute Gasteiger partial charge is 0.487 e. The van der Waals surface area contributed by atoms with Gasteiger partial charge in [-0.1, -0.05) is 81.4 Å². The number of benzene rings is 2. The molecule has 0 aliphatic carbocycles. The lowest BCUT2D eigenvalue weighted by Gasteiger charge is -2.38. The first-order chi connectivity index (χ1) is 16.4. The van der Waals surface area contributed by atoms with Gasteiger partial charge in [0.2, 0.25) is 0 Å². The molecule has 0 aliphatic heterocycles. The summed E-state index contributed by atoms with van der Waals surface area (Å²) in [7, 11) is -1.01. The van der Waals surface area contributed by atoms with Crippen LogP contribution in [0.5, 0.6) is 5.75 Å². The van der Waals surface area contributed by atoms with E-state index in [2.05, 4.69) is 45.0 Å². The molecule has 1 aromatic heterocycles. The predicted molar refractivity (Wildman–Crippen MR) is 138 cm³/mol. The number of hydrogen-bond acceptors (Lipinski definition) is 5. The molecule has 0 atom stereocenters. The van der Waals surface area contributed by atoms with Crippen LogP contribution >= 0.6 is 0 Å². The topological polar surface area (TPSA) is 57.7 Å². The molecule has 178 valence electrons. The Kier molecular flexibility index (Phi) is 8.79. The lowest BCUT2D eigenvalue weighted by atomic mass is 9.83. The average molecular weight is 476 g/mol. The van der Waals surface area contributed by atoms with Gasteiger partial charge < -0.3 is 13.9 Å². The molecule has 3 rings (SSSR count). The zero-order valence-corrected chi connectivity index (χ0v) is 21.8. The minimum absolute atomic E-state index is 0.0625. The van der Waals surface area contributed by atoms with Gasteiger partial charge in [0.1, 0.15) is 18.1 Å². The summed E-state index contributed by atoms with van der Waals surface area (Å²) >= 11 is 0. The molecule has 0 fully saturated rings. The van der Waals surface area contributed by atoms with Crippen molar-refractivity contribution < 1.29 is 18.7 Å². The predicted octanol–water partition coefficient (Wildman–Crippen LogP) is 5.19. The maximum Gasteiger partial charge on any atom is 0.330 e. The first kappa shape index (κ1) is 25.4. The lowest BCUT2D eigenvalue weighted by molar-refractivity contribution is -0.137. The van der Waals surface area contributed by atoms with E-state index in [1.807, 2.05) is 48.5 Å². The van der Waals surface area contributed by atoms with Crippen molar-refractivity contribution in [2.45, 2.75) is 38.3 Å². The van der Waals surface area contributed by atoms with Gasteiger partial charge in [-0.2, -0.15) is 0 Å². The van der Waals surface area contributed by atoms with Crippen molar-refractivity contribution in [2.75, 3.05) is 13.2 Å². The summed E-state index contributed by atoms with van der Waals surface area (Å²) in [5.41, 5.74) is 1.74. The van der Waals surface area contributed by atoms with Crippen LogP contribution in [0, 0.1) is 0 Å². The van der Waals surface area contributed by atoms with Crippen LogP contribution in [-0.4, -0.2) is 33.9 Å². The third-order valence-corrected chi connectivity index (χ3v) is 6.51. The fourth-order valence-corrected chi connectivity index (χ4v) is 4.71. The monoisotopic (exact) mass is 475 g/mol. The molecule has 0 radical (unpaired) electrons. The summed E-state index contributed by atoms with van der Waals surface area (Å²) in [4.78, 5) is 16.4. The lowest BCUT2D eigenvalue weighted by Crippen LogP contribution is -2.37. The number of aromatic nitrogens is 1. The Labute approximate surface area is 204 Å². The minimum Gasteiger partial charge on any atom is -0.487 e. The molecular weight excluding hydrogens is 442 g/mol. The molecule has 2 aromatic carbocycles. The van der Waals surface area contributed by atoms with E-state index in [4.69, 9.17) is 18.9 Å². The van der Waals surface area contributed by atoms with E-state index < -0.39 is 15.4 Å². The third kappa shape index (κ3) is 6.43. The number of esters is 1. The van der Waals surface area contributed by atoms with Crippen LogP contribution in [0.3, 0.4) is 0 Å². The van der Waals surface area contributed by atoms with Crippen molar-refractivity contribution in [3.05, 3.63) is 108 Å². The standard InChI is InChI=1S/C28H33NO4Si/c1-5-31-25(30)19-13-21-32-24-18-12-20-29-26(24)28(33-34-27(2,3)4,22-14-8-6-9-15-22)23-16-10-7-11-17-23/h6-20H,5,21,34H2,1-4H3. The summed E-state index contributed by atoms with van der Waals surface area (Å²) in [5.74, 6) is 0.214. The fourth-order valence-electron chi connectivity index (χ4n) is 3.59. The molecule has 0 N–H and O–H groups in total. The molecule has 0 unspecified atom stereocenters. The second-order valence-corrected chi connectivity index (χ2v) is 11.8. The third-order valence-electron chi connectivity index (χ3n) is 5.06. The Hall–Kier alpha value is -3.22. The van der Waals surface area contributed by atoms with E-state index in [0.717, 1.165) is 11.1 Å². The van der Waals surface area contributed by atoms with Crippen molar-refractivity contribution in [1.29, 1.82) is 0 Å². The molecule has 0 saturated carbocycles. The van der Waals surface area contributed by atoms with E-state index in [1.165, 1.54) is 6.08 Å². The highest BCUT2D eigenvalue weighted by Gasteiger charge is 2.42. The molecule has 0 amide bonds. The summed E-state index contributed by atoms with van der Waals surface area (Å²) in [6.45, 7) is 8.93. The van der Waals surface area contributed by atoms with Gasteiger partial charge in [0.15, 0.2) is 15.4 Å². The van der Waals surface area contributed by atoms with Crippen molar-refractivity contribution in [1.82, 2.24) is 4.98 Å². The van der Waals surface area contributed by atoms with Crippen LogP contribution < -0.4 is 4.74 Å². The molecule has 34 heavy (non-hydrogen) atoms. The van der Waals surface area contributed by atoms with Crippen LogP contribution in [-0.2, 0) is 19.6 Å². The number of ether oxygens (including phenoxy) is 2. The van der Waals surface area contributed by atoms with E-state index in [-0.39, 0.29) is 17.6 Å². The molecule has 3 aromatic rings. The Bertz CT molecular complexity index is 1040. The molecule has 6 heteroatoms. The second-order valence-electron chi connectivity index (χ2n) is 9.08. The van der Waals surface area contributed by atoms with Gasteiger partial charge in [0.05, 0.1) is 6.61 Å². The van der Waals surface area contributed by atoms with Gasteiger partial charge in [-0.25, -0.2) is 4.79 Å². The van der Waals surface area contributed by atoms with Gasteiger partial charge in [0, 0.05) is 12.3 Å². The number of nitrogens with zero attached hydrogens (tertiary/aromatic N) is 1. The quantitative estimate of drug-likeness (QED) is 0.229. The zero-order valence-electron chi connectivity index (χ0n) is 20.4. The van der Waals surface area contributed by atoms with Gasteiger partial charge in [-0.15, -0.1) is 0 Å². The van der Waals surface area contributed by atoms with E-state index in [9.17, 15) is 4.79 Å². The maximum atomic E-state index is 11.6. The Morgan fingerprint density at radius 2 is 1.56 bits per heavy atom. The van der Waals surface area contributed by atoms with E-state index in [0.29, 0.717) is 18.1 Å². The van der Waals surface area contributed by atoms with Gasteiger partial charge in [-0.3, -0.25) is 4.98 Å². The number of carbonyl (C=O) groups excluding carboxylic acids is 1. The molecule has 0 bridgehead atoms. The Morgan fingerprint density at radius 3 is 2.12 bits per heavy atom. The smallest absolute Gasteiger partial charge is 0.330 e. The SMILES string of the molecule is CCOC(=O)C=CCOc1cccnc1C(O[SiH2]C(C)(C)C)(c1ccccc1)c1ccccc1. The number of pyridine rings is 1. The highest BCUT2D eigenvalue weighted by atomic mass is 28.2. The van der Waals surface area contributed by atoms with E-state index in [1.54, 1.807) is 19.2 Å². The summed E-state index contributed by atoms with van der Waals surface area (Å²) in [6, 6.07) is 24.1. The summed E-state index contributed by atoms with van der Waals surface area (Å²) in [6.07, 6.45) is 4.79. The Morgan fingerprint density at radius 1 is 0.941 bits per heavy atom. The van der Waals surface area contributed by atoms with Crippen LogP contribution in [0.25, 0.3) is 0 Å². The average Bonchev–Trinajstić information content (AvgIpc) is 2.84. The van der Waals surface area contributed by atoms with Crippen molar-refractivity contribution >= 4 is 15.7 Å². The van der Waals surface area contributed by atoms with Gasteiger partial charge in [0.25, 0.3) is 0 Å². The molecule has 0 aliphatic rings. The zero-order chi connectivity index (χ0) is 24.4. The summed E-state index contributed by atoms with van der Waals surface area (Å²) < 4.78 is 18.0. The number of rotatable bonds is 10. The van der Waals surface area contributed by atoms with Crippen LogP contribution in [0.1, 0.15) is 44.5 Å². The van der Waals surface area contributed by atoms with Crippen molar-refractivity contribution in [3.8, 4) is 5.75 Å². The van der Waals surface area contributed by atoms with Crippen LogP contribution in [0.2, 0.25) is 5.04 Å². The second kappa shape index (κ2) is 11.8. The van der Waals surface area contributed by atoms with Crippen LogP contribution in [0.15, 0.2) is 91.1 Å². The fraction of sp³-hybridized carbons (Fsp3) is 0.286. The molecule has 1 heterocycles. The van der Waals surface area contributed by atoms with E-state index >= 15 is 0 Å². The van der Waals surface area contributed by atoms with Crippen LogP contribution in [0.4, 0.5) is 0 Å². The molecular formula is C28H33NO4Si. The maximum absolute atomic E-state index is 11.6. The highest BCUT2D eigenvalue weighted by molar-refractivity contribution is 6.32. The Balaban J connectivity index is 2.11. The minimum atomic E-state index is -1.01. The molecule has 0 spiro atoms. The van der Waals surface area contributed by atoms with Crippen molar-refractivity contribution in [2.24, 2.45) is 0 Å². The number of carbonyl (C=O) groups is 1. The number of hydrogen-bond donors (Lipinski definition) is 0. The van der Waals surface area contributed by atoms with Gasteiger partial charge >= 0.3 is 5.97 Å². The first-order valence-corrected chi connectivity index (χ1v) is 12.8. The molecule has 5 nitrogen and oxygen atoms in total. The first-order valence-electron chi connectivity index (χ1n) is 11.5. The van der Waals surface area contributed by atoms with Gasteiger partial charge in [-0.05, 0) is 41.3 Å². The molecule has 0 saturated heterocycles. The highest BCUT2D eigenvalue weighted by Crippen LogP contribution is 2.44. The normalized spacial score (nSPS) is 12.4. The van der Waals surface area contributed by atoms with Crippen molar-refractivity contribution in [3.63, 3.8) is 0 Å². The summed E-state index contributed by atoms with van der Waals surface area (Å²) in [5, 5.41) is 0.0625.